The second kappa shape index (κ2) is 4.58. The summed E-state index contributed by atoms with van der Waals surface area (Å²) in [5.74, 6) is 0. The Balaban J connectivity index is 2.14. The first-order valence-corrected chi connectivity index (χ1v) is 5.95. The molecule has 15 heavy (non-hydrogen) atoms. The minimum absolute atomic E-state index is 0.140. The van der Waals surface area contributed by atoms with Gasteiger partial charge >= 0.3 is 0 Å². The molecule has 0 fully saturated rings. The average molecular weight is 262 g/mol. The molecule has 0 amide bonds. The summed E-state index contributed by atoms with van der Waals surface area (Å²) < 4.78 is 6.30. The van der Waals surface area contributed by atoms with E-state index in [1.807, 2.05) is 12.1 Å². The van der Waals surface area contributed by atoms with Gasteiger partial charge < -0.3 is 10.2 Å². The zero-order valence-electron chi connectivity index (χ0n) is 7.74. The van der Waals surface area contributed by atoms with Gasteiger partial charge in [-0.15, -0.1) is 11.3 Å². The van der Waals surface area contributed by atoms with Crippen LogP contribution in [0.5, 0.6) is 0 Å². The van der Waals surface area contributed by atoms with Gasteiger partial charge in [0.05, 0.1) is 21.2 Å². The van der Waals surface area contributed by atoms with Crippen molar-refractivity contribution in [3.05, 3.63) is 44.5 Å². The van der Waals surface area contributed by atoms with Crippen LogP contribution in [0, 0.1) is 0 Å². The second-order valence-corrected chi connectivity index (χ2v) is 5.51. The summed E-state index contributed by atoms with van der Waals surface area (Å²) in [7, 11) is 0. The van der Waals surface area contributed by atoms with Crippen LogP contribution in [-0.4, -0.2) is 0 Å². The number of hydrogen-bond donors (Lipinski definition) is 1. The maximum atomic E-state index is 6.02. The van der Waals surface area contributed by atoms with Crippen molar-refractivity contribution in [2.24, 2.45) is 5.73 Å². The van der Waals surface area contributed by atoms with Crippen molar-refractivity contribution >= 4 is 34.5 Å². The SMILES string of the molecule is NC(Cc1ccoc1)c1cc(Cl)sc1Cl. The molecule has 2 nitrogen and oxygen atoms in total. The van der Waals surface area contributed by atoms with E-state index in [9.17, 15) is 0 Å². The van der Waals surface area contributed by atoms with E-state index < -0.39 is 0 Å². The van der Waals surface area contributed by atoms with E-state index in [1.54, 1.807) is 12.5 Å². The highest BCUT2D eigenvalue weighted by molar-refractivity contribution is 7.20. The molecule has 2 aromatic rings. The lowest BCUT2D eigenvalue weighted by atomic mass is 10.0. The third kappa shape index (κ3) is 2.55. The molecule has 0 aromatic carbocycles. The highest BCUT2D eigenvalue weighted by Gasteiger charge is 2.14. The van der Waals surface area contributed by atoms with Crippen molar-refractivity contribution < 1.29 is 4.42 Å². The highest BCUT2D eigenvalue weighted by atomic mass is 35.5. The summed E-state index contributed by atoms with van der Waals surface area (Å²) in [6, 6.07) is 3.57. The minimum atomic E-state index is -0.140. The lowest BCUT2D eigenvalue weighted by Gasteiger charge is -2.08. The van der Waals surface area contributed by atoms with E-state index >= 15 is 0 Å². The van der Waals surface area contributed by atoms with Gasteiger partial charge in [0.2, 0.25) is 0 Å². The van der Waals surface area contributed by atoms with Crippen molar-refractivity contribution in [2.75, 3.05) is 0 Å². The van der Waals surface area contributed by atoms with Crippen molar-refractivity contribution in [2.45, 2.75) is 12.5 Å². The van der Waals surface area contributed by atoms with Crippen LogP contribution in [0.2, 0.25) is 8.67 Å². The van der Waals surface area contributed by atoms with Gasteiger partial charge in [-0.25, -0.2) is 0 Å². The Labute approximate surface area is 102 Å². The fourth-order valence-corrected chi connectivity index (χ4v) is 2.98. The number of thiophene rings is 1. The molecule has 2 heterocycles. The maximum absolute atomic E-state index is 6.02. The van der Waals surface area contributed by atoms with E-state index in [0.29, 0.717) is 15.1 Å². The minimum Gasteiger partial charge on any atom is -0.472 e. The average Bonchev–Trinajstić information content (AvgIpc) is 2.75. The number of rotatable bonds is 3. The fourth-order valence-electron chi connectivity index (χ4n) is 1.38. The molecule has 0 saturated heterocycles. The highest BCUT2D eigenvalue weighted by Crippen LogP contribution is 2.35. The zero-order chi connectivity index (χ0) is 10.8. The molecule has 1 unspecified atom stereocenters. The van der Waals surface area contributed by atoms with Gasteiger partial charge in [-0.1, -0.05) is 23.2 Å². The smallest absolute Gasteiger partial charge is 0.0992 e. The standard InChI is InChI=1S/C10H9Cl2NOS/c11-9-4-7(10(12)15-9)8(13)3-6-1-2-14-5-6/h1-2,4-5,8H,3,13H2. The van der Waals surface area contributed by atoms with Gasteiger partial charge in [0, 0.05) is 11.6 Å². The van der Waals surface area contributed by atoms with Crippen molar-refractivity contribution in [3.63, 3.8) is 0 Å². The molecule has 0 bridgehead atoms. The third-order valence-electron chi connectivity index (χ3n) is 2.12. The van der Waals surface area contributed by atoms with Crippen molar-refractivity contribution in [1.82, 2.24) is 0 Å². The van der Waals surface area contributed by atoms with Gasteiger partial charge in [0.15, 0.2) is 0 Å². The number of halogens is 2. The maximum Gasteiger partial charge on any atom is 0.0992 e. The topological polar surface area (TPSA) is 39.2 Å². The van der Waals surface area contributed by atoms with Gasteiger partial charge in [0.1, 0.15) is 0 Å². The van der Waals surface area contributed by atoms with Crippen LogP contribution in [0.4, 0.5) is 0 Å². The Kier molecular flexibility index (Phi) is 3.36. The first-order chi connectivity index (χ1) is 7.16. The predicted molar refractivity (Wildman–Crippen MR) is 63.7 cm³/mol. The molecule has 5 heteroatoms. The molecule has 2 N–H and O–H groups in total. The molecule has 0 saturated carbocycles. The Morgan fingerprint density at radius 2 is 2.27 bits per heavy atom. The van der Waals surface area contributed by atoms with E-state index in [4.69, 9.17) is 33.4 Å². The molecule has 0 aliphatic carbocycles. The number of furan rings is 1. The molecule has 2 rings (SSSR count). The largest absolute Gasteiger partial charge is 0.472 e. The van der Waals surface area contributed by atoms with Crippen molar-refractivity contribution in [1.29, 1.82) is 0 Å². The normalized spacial score (nSPS) is 13.0. The summed E-state index contributed by atoms with van der Waals surface area (Å²) in [6.07, 6.45) is 4.01. The quantitative estimate of drug-likeness (QED) is 0.911. The van der Waals surface area contributed by atoms with Crippen LogP contribution in [0.25, 0.3) is 0 Å². The fraction of sp³-hybridized carbons (Fsp3) is 0.200. The Bertz CT molecular complexity index is 438. The molecule has 0 aliphatic rings. The molecule has 0 aliphatic heterocycles. The molecular formula is C10H9Cl2NOS. The lowest BCUT2D eigenvalue weighted by Crippen LogP contribution is -2.12. The van der Waals surface area contributed by atoms with Crippen LogP contribution in [0.15, 0.2) is 29.1 Å². The first-order valence-electron chi connectivity index (χ1n) is 4.38. The second-order valence-electron chi connectivity index (χ2n) is 3.22. The van der Waals surface area contributed by atoms with Crippen LogP contribution >= 0.6 is 34.5 Å². The van der Waals surface area contributed by atoms with Gasteiger partial charge in [0.25, 0.3) is 0 Å². The number of nitrogens with two attached hydrogens (primary N) is 1. The summed E-state index contributed by atoms with van der Waals surface area (Å²) in [6.45, 7) is 0. The third-order valence-corrected chi connectivity index (χ3v) is 3.64. The Hall–Kier alpha value is -0.480. The van der Waals surface area contributed by atoms with E-state index in [-0.39, 0.29) is 6.04 Å². The molecule has 1 atom stereocenters. The summed E-state index contributed by atoms with van der Waals surface area (Å²) in [5.41, 5.74) is 7.97. The number of hydrogen-bond acceptors (Lipinski definition) is 3. The monoisotopic (exact) mass is 261 g/mol. The molecule has 0 spiro atoms. The van der Waals surface area contributed by atoms with Crippen LogP contribution in [-0.2, 0) is 6.42 Å². The molecular weight excluding hydrogens is 253 g/mol. The van der Waals surface area contributed by atoms with E-state index in [0.717, 1.165) is 11.1 Å². The van der Waals surface area contributed by atoms with Gasteiger partial charge in [-0.3, -0.25) is 0 Å². The Morgan fingerprint density at radius 3 is 2.80 bits per heavy atom. The Morgan fingerprint density at radius 1 is 1.47 bits per heavy atom. The summed E-state index contributed by atoms with van der Waals surface area (Å²) in [4.78, 5) is 0. The first kappa shape index (κ1) is 11.0. The van der Waals surface area contributed by atoms with Crippen LogP contribution < -0.4 is 5.73 Å². The van der Waals surface area contributed by atoms with Crippen molar-refractivity contribution in [3.8, 4) is 0 Å². The van der Waals surface area contributed by atoms with Gasteiger partial charge in [-0.2, -0.15) is 0 Å². The summed E-state index contributed by atoms with van der Waals surface area (Å²) in [5, 5.41) is 0. The molecule has 2 aromatic heterocycles. The summed E-state index contributed by atoms with van der Waals surface area (Å²) >= 11 is 13.2. The van der Waals surface area contributed by atoms with E-state index in [2.05, 4.69) is 0 Å². The van der Waals surface area contributed by atoms with E-state index in [1.165, 1.54) is 11.3 Å². The molecule has 0 radical (unpaired) electrons. The van der Waals surface area contributed by atoms with Crippen LogP contribution in [0.1, 0.15) is 17.2 Å². The predicted octanol–water partition coefficient (Wildman–Crippen LogP) is 3.89. The van der Waals surface area contributed by atoms with Crippen LogP contribution in [0.3, 0.4) is 0 Å². The molecule has 80 valence electrons. The lowest BCUT2D eigenvalue weighted by molar-refractivity contribution is 0.561. The zero-order valence-corrected chi connectivity index (χ0v) is 10.1. The van der Waals surface area contributed by atoms with Gasteiger partial charge in [-0.05, 0) is 24.1 Å².